The zero-order valence-corrected chi connectivity index (χ0v) is 11.1. The predicted molar refractivity (Wildman–Crippen MR) is 70.3 cm³/mol. The van der Waals surface area contributed by atoms with E-state index in [2.05, 4.69) is 22.7 Å². The molecule has 0 radical (unpaired) electrons. The van der Waals surface area contributed by atoms with Crippen molar-refractivity contribution in [2.24, 2.45) is 5.84 Å². The highest BCUT2D eigenvalue weighted by Gasteiger charge is 2.11. The molecule has 0 bridgehead atoms. The molecule has 0 fully saturated rings. The molecule has 0 amide bonds. The van der Waals surface area contributed by atoms with E-state index < -0.39 is 0 Å². The number of nitrogens with one attached hydrogen (secondary N) is 1. The van der Waals surface area contributed by atoms with Crippen molar-refractivity contribution in [1.29, 1.82) is 0 Å². The number of thiazole rings is 1. The monoisotopic (exact) mass is 241 g/mol. The number of rotatable bonds is 8. The van der Waals surface area contributed by atoms with Crippen molar-refractivity contribution in [3.05, 3.63) is 16.1 Å². The lowest BCUT2D eigenvalue weighted by atomic mass is 10.1. The Kier molecular flexibility index (Phi) is 6.61. The van der Waals surface area contributed by atoms with Gasteiger partial charge in [-0.1, -0.05) is 39.0 Å². The molecular weight excluding hydrogens is 218 g/mol. The van der Waals surface area contributed by atoms with Crippen LogP contribution in [0, 0.1) is 6.92 Å². The Morgan fingerprint density at radius 1 is 1.38 bits per heavy atom. The second kappa shape index (κ2) is 7.76. The van der Waals surface area contributed by atoms with Gasteiger partial charge in [0.2, 0.25) is 0 Å². The number of unbranched alkanes of at least 4 members (excludes halogenated alkanes) is 4. The second-order valence-corrected chi connectivity index (χ2v) is 5.28. The third-order valence-corrected chi connectivity index (χ3v) is 3.58. The van der Waals surface area contributed by atoms with E-state index in [0.29, 0.717) is 0 Å². The molecule has 0 aliphatic carbocycles. The third-order valence-electron chi connectivity index (χ3n) is 2.79. The zero-order valence-electron chi connectivity index (χ0n) is 10.3. The van der Waals surface area contributed by atoms with Gasteiger partial charge in [0.25, 0.3) is 0 Å². The van der Waals surface area contributed by atoms with Crippen LogP contribution in [0.1, 0.15) is 62.2 Å². The molecule has 1 heterocycles. The van der Waals surface area contributed by atoms with Gasteiger partial charge in [-0.05, 0) is 13.3 Å². The normalized spacial score (nSPS) is 12.9. The van der Waals surface area contributed by atoms with Crippen molar-refractivity contribution in [2.75, 3.05) is 0 Å². The van der Waals surface area contributed by atoms with Crippen molar-refractivity contribution >= 4 is 11.3 Å². The first kappa shape index (κ1) is 13.6. The van der Waals surface area contributed by atoms with Crippen molar-refractivity contribution in [3.8, 4) is 0 Å². The van der Waals surface area contributed by atoms with Crippen molar-refractivity contribution in [2.45, 2.75) is 58.4 Å². The number of nitrogens with zero attached hydrogens (tertiary/aromatic N) is 1. The van der Waals surface area contributed by atoms with Gasteiger partial charge in [0.1, 0.15) is 0 Å². The summed E-state index contributed by atoms with van der Waals surface area (Å²) in [7, 11) is 0. The van der Waals surface area contributed by atoms with Crippen LogP contribution in [0.2, 0.25) is 0 Å². The molecule has 0 aliphatic rings. The van der Waals surface area contributed by atoms with Crippen LogP contribution in [0.15, 0.2) is 5.38 Å². The topological polar surface area (TPSA) is 50.9 Å². The van der Waals surface area contributed by atoms with Crippen LogP contribution in [0.3, 0.4) is 0 Å². The fourth-order valence-corrected chi connectivity index (χ4v) is 2.48. The Morgan fingerprint density at radius 2 is 2.12 bits per heavy atom. The van der Waals surface area contributed by atoms with Crippen molar-refractivity contribution in [3.63, 3.8) is 0 Å². The van der Waals surface area contributed by atoms with Crippen LogP contribution in [-0.4, -0.2) is 4.98 Å². The maximum Gasteiger partial charge on any atom is 0.0898 e. The molecule has 1 rings (SSSR count). The predicted octanol–water partition coefficient (Wildman–Crippen LogP) is 3.32. The molecule has 0 aromatic carbocycles. The van der Waals surface area contributed by atoms with Gasteiger partial charge >= 0.3 is 0 Å². The van der Waals surface area contributed by atoms with E-state index in [1.54, 1.807) is 11.3 Å². The van der Waals surface area contributed by atoms with Gasteiger partial charge in [-0.2, -0.15) is 0 Å². The molecule has 0 aliphatic heterocycles. The molecule has 92 valence electrons. The minimum atomic E-state index is 0.228. The molecular formula is C12H23N3S. The first-order chi connectivity index (χ1) is 7.77. The number of hydrazine groups is 1. The molecule has 1 aromatic heterocycles. The van der Waals surface area contributed by atoms with E-state index >= 15 is 0 Å². The SMILES string of the molecule is CCCCCCCC(NN)c1csc(C)n1. The number of aromatic nitrogens is 1. The molecule has 1 aromatic rings. The summed E-state index contributed by atoms with van der Waals surface area (Å²) >= 11 is 1.69. The van der Waals surface area contributed by atoms with Gasteiger partial charge in [0, 0.05) is 5.38 Å². The van der Waals surface area contributed by atoms with Gasteiger partial charge in [-0.3, -0.25) is 11.3 Å². The summed E-state index contributed by atoms with van der Waals surface area (Å²) in [5.41, 5.74) is 3.96. The highest BCUT2D eigenvalue weighted by Crippen LogP contribution is 2.21. The van der Waals surface area contributed by atoms with E-state index in [1.165, 1.54) is 32.1 Å². The molecule has 1 unspecified atom stereocenters. The summed E-state index contributed by atoms with van der Waals surface area (Å²) in [4.78, 5) is 4.47. The van der Waals surface area contributed by atoms with Gasteiger partial charge in [0.15, 0.2) is 0 Å². The number of hydrogen-bond donors (Lipinski definition) is 2. The summed E-state index contributed by atoms with van der Waals surface area (Å²) < 4.78 is 0. The Labute approximate surface area is 102 Å². The Bertz CT molecular complexity index is 286. The summed E-state index contributed by atoms with van der Waals surface area (Å²) in [5, 5.41) is 3.22. The quantitative estimate of drug-likeness (QED) is 0.417. The minimum Gasteiger partial charge on any atom is -0.271 e. The molecule has 0 saturated heterocycles. The maximum absolute atomic E-state index is 5.57. The van der Waals surface area contributed by atoms with E-state index in [1.807, 2.05) is 6.92 Å². The standard InChI is InChI=1S/C12H23N3S/c1-3-4-5-6-7-8-11(15-13)12-9-16-10(2)14-12/h9,11,15H,3-8,13H2,1-2H3. The average Bonchev–Trinajstić information content (AvgIpc) is 2.70. The largest absolute Gasteiger partial charge is 0.271 e. The molecule has 1 atom stereocenters. The molecule has 4 heteroatoms. The van der Waals surface area contributed by atoms with Crippen LogP contribution in [0.25, 0.3) is 0 Å². The molecule has 3 nitrogen and oxygen atoms in total. The van der Waals surface area contributed by atoms with Gasteiger partial charge < -0.3 is 0 Å². The first-order valence-corrected chi connectivity index (χ1v) is 7.04. The lowest BCUT2D eigenvalue weighted by molar-refractivity contribution is 0.471. The Balaban J connectivity index is 2.27. The van der Waals surface area contributed by atoms with Gasteiger partial charge in [-0.15, -0.1) is 11.3 Å². The lowest BCUT2D eigenvalue weighted by Gasteiger charge is -2.13. The number of aryl methyl sites for hydroxylation is 1. The van der Waals surface area contributed by atoms with E-state index in [-0.39, 0.29) is 6.04 Å². The molecule has 16 heavy (non-hydrogen) atoms. The summed E-state index contributed by atoms with van der Waals surface area (Å²) in [5.74, 6) is 5.57. The zero-order chi connectivity index (χ0) is 11.8. The Morgan fingerprint density at radius 3 is 2.69 bits per heavy atom. The van der Waals surface area contributed by atoms with E-state index in [4.69, 9.17) is 5.84 Å². The Hall–Kier alpha value is -0.450. The number of hydrogen-bond acceptors (Lipinski definition) is 4. The van der Waals surface area contributed by atoms with Crippen LogP contribution >= 0.6 is 11.3 Å². The number of nitrogens with two attached hydrogens (primary N) is 1. The van der Waals surface area contributed by atoms with Crippen molar-refractivity contribution < 1.29 is 0 Å². The highest BCUT2D eigenvalue weighted by molar-refractivity contribution is 7.09. The van der Waals surface area contributed by atoms with E-state index in [9.17, 15) is 0 Å². The first-order valence-electron chi connectivity index (χ1n) is 6.16. The third kappa shape index (κ3) is 4.60. The summed E-state index contributed by atoms with van der Waals surface area (Å²) in [6.07, 6.45) is 7.59. The molecule has 3 N–H and O–H groups in total. The lowest BCUT2D eigenvalue weighted by Crippen LogP contribution is -2.28. The van der Waals surface area contributed by atoms with E-state index in [0.717, 1.165) is 17.1 Å². The molecule has 0 saturated carbocycles. The second-order valence-electron chi connectivity index (χ2n) is 4.21. The average molecular weight is 241 g/mol. The summed E-state index contributed by atoms with van der Waals surface area (Å²) in [6, 6.07) is 0.228. The fraction of sp³-hybridized carbons (Fsp3) is 0.750. The van der Waals surface area contributed by atoms with Crippen molar-refractivity contribution in [1.82, 2.24) is 10.4 Å². The maximum atomic E-state index is 5.57. The van der Waals surface area contributed by atoms with Crippen LogP contribution in [0.4, 0.5) is 0 Å². The van der Waals surface area contributed by atoms with Crippen LogP contribution < -0.4 is 11.3 Å². The summed E-state index contributed by atoms with van der Waals surface area (Å²) in [6.45, 7) is 4.27. The highest BCUT2D eigenvalue weighted by atomic mass is 32.1. The smallest absolute Gasteiger partial charge is 0.0898 e. The van der Waals surface area contributed by atoms with Crippen LogP contribution in [-0.2, 0) is 0 Å². The molecule has 0 spiro atoms. The fourth-order valence-electron chi connectivity index (χ4n) is 1.81. The van der Waals surface area contributed by atoms with Crippen LogP contribution in [0.5, 0.6) is 0 Å². The minimum absolute atomic E-state index is 0.228. The van der Waals surface area contributed by atoms with Gasteiger partial charge in [0.05, 0.1) is 16.7 Å². The van der Waals surface area contributed by atoms with Gasteiger partial charge in [-0.25, -0.2) is 4.98 Å².